The number of benzene rings is 2. The molecule has 2 rings (SSSR count). The van der Waals surface area contributed by atoms with Gasteiger partial charge in [-0.25, -0.2) is 0 Å². The van der Waals surface area contributed by atoms with Gasteiger partial charge in [0, 0.05) is 6.04 Å². The highest BCUT2D eigenvalue weighted by atomic mass is 16.3. The molecule has 0 spiro atoms. The molecule has 3 nitrogen and oxygen atoms in total. The van der Waals surface area contributed by atoms with E-state index < -0.39 is 0 Å². The van der Waals surface area contributed by atoms with Crippen LogP contribution in [-0.4, -0.2) is 11.7 Å². The quantitative estimate of drug-likeness (QED) is 0.874. The molecule has 20 heavy (non-hydrogen) atoms. The zero-order valence-electron chi connectivity index (χ0n) is 11.5. The number of rotatable bonds is 5. The van der Waals surface area contributed by atoms with Crippen LogP contribution in [0.4, 0.5) is 0 Å². The Bertz CT molecular complexity index is 572. The molecule has 2 aromatic carbocycles. The summed E-state index contributed by atoms with van der Waals surface area (Å²) in [6.45, 7) is 2.09. The van der Waals surface area contributed by atoms with Crippen molar-refractivity contribution in [1.82, 2.24) is 5.32 Å². The third-order valence-electron chi connectivity index (χ3n) is 3.38. The minimum absolute atomic E-state index is 0.0463. The van der Waals surface area contributed by atoms with Crippen LogP contribution in [0.5, 0.6) is 0 Å². The molecule has 0 radical (unpaired) electrons. The second-order valence-electron chi connectivity index (χ2n) is 4.77. The van der Waals surface area contributed by atoms with Gasteiger partial charge in [0.15, 0.2) is 0 Å². The molecule has 2 atom stereocenters. The normalized spacial score (nSPS) is 13.4. The lowest BCUT2D eigenvalue weighted by atomic mass is 10.0. The second kappa shape index (κ2) is 6.85. The molecule has 0 aliphatic rings. The van der Waals surface area contributed by atoms with E-state index in [1.165, 1.54) is 0 Å². The summed E-state index contributed by atoms with van der Waals surface area (Å²) in [7, 11) is 0. The number of nitriles is 1. The first-order chi connectivity index (χ1) is 9.74. The van der Waals surface area contributed by atoms with E-state index in [0.717, 1.165) is 11.1 Å². The van der Waals surface area contributed by atoms with Gasteiger partial charge in [-0.3, -0.25) is 0 Å². The van der Waals surface area contributed by atoms with Crippen LogP contribution in [0.15, 0.2) is 54.6 Å². The Morgan fingerprint density at radius 1 is 1.05 bits per heavy atom. The maximum atomic E-state index is 9.55. The largest absolute Gasteiger partial charge is 0.394 e. The maximum Gasteiger partial charge on any atom is 0.0991 e. The second-order valence-corrected chi connectivity index (χ2v) is 4.77. The van der Waals surface area contributed by atoms with E-state index in [2.05, 4.69) is 11.4 Å². The fraction of sp³-hybridized carbons (Fsp3) is 0.235. The smallest absolute Gasteiger partial charge is 0.0991 e. The van der Waals surface area contributed by atoms with E-state index in [4.69, 9.17) is 5.26 Å². The number of hydrogen-bond acceptors (Lipinski definition) is 3. The molecule has 0 aliphatic carbocycles. The van der Waals surface area contributed by atoms with Gasteiger partial charge in [-0.15, -0.1) is 0 Å². The van der Waals surface area contributed by atoms with Gasteiger partial charge in [0.2, 0.25) is 0 Å². The summed E-state index contributed by atoms with van der Waals surface area (Å²) in [5, 5.41) is 21.8. The fourth-order valence-electron chi connectivity index (χ4n) is 2.18. The SMILES string of the molecule is CC(NC(CO)c1ccccc1)c1ccc(C#N)cc1. The average Bonchev–Trinajstić information content (AvgIpc) is 2.53. The number of nitrogens with one attached hydrogen (secondary N) is 1. The predicted octanol–water partition coefficient (Wildman–Crippen LogP) is 2.94. The summed E-state index contributed by atoms with van der Waals surface area (Å²) in [6.07, 6.45) is 0. The van der Waals surface area contributed by atoms with Crippen molar-refractivity contribution in [2.75, 3.05) is 6.61 Å². The molecule has 2 unspecified atom stereocenters. The van der Waals surface area contributed by atoms with Gasteiger partial charge >= 0.3 is 0 Å². The number of nitrogens with zero attached hydrogens (tertiary/aromatic N) is 1. The Hall–Kier alpha value is -2.15. The predicted molar refractivity (Wildman–Crippen MR) is 79.0 cm³/mol. The summed E-state index contributed by atoms with van der Waals surface area (Å²) in [5.74, 6) is 0. The summed E-state index contributed by atoms with van der Waals surface area (Å²) in [4.78, 5) is 0. The van der Waals surface area contributed by atoms with E-state index in [1.807, 2.05) is 61.5 Å². The van der Waals surface area contributed by atoms with Crippen molar-refractivity contribution in [1.29, 1.82) is 5.26 Å². The van der Waals surface area contributed by atoms with E-state index >= 15 is 0 Å². The van der Waals surface area contributed by atoms with Crippen LogP contribution in [0, 0.1) is 11.3 Å². The molecular formula is C17H18N2O. The third kappa shape index (κ3) is 3.45. The minimum Gasteiger partial charge on any atom is -0.394 e. The van der Waals surface area contributed by atoms with Gasteiger partial charge in [-0.1, -0.05) is 42.5 Å². The van der Waals surface area contributed by atoms with Crippen LogP contribution < -0.4 is 5.32 Å². The van der Waals surface area contributed by atoms with Gasteiger partial charge in [-0.2, -0.15) is 5.26 Å². The lowest BCUT2D eigenvalue weighted by molar-refractivity contribution is 0.235. The number of hydrogen-bond donors (Lipinski definition) is 2. The standard InChI is InChI=1S/C17H18N2O/c1-13(15-9-7-14(11-18)8-10-15)19-17(12-20)16-5-3-2-4-6-16/h2-10,13,17,19-20H,12H2,1H3. The molecule has 0 aliphatic heterocycles. The van der Waals surface area contributed by atoms with Gasteiger partial charge < -0.3 is 10.4 Å². The highest BCUT2D eigenvalue weighted by molar-refractivity contribution is 5.33. The molecule has 0 fully saturated rings. The third-order valence-corrected chi connectivity index (χ3v) is 3.38. The molecule has 0 bridgehead atoms. The molecule has 0 saturated carbocycles. The summed E-state index contributed by atoms with van der Waals surface area (Å²) in [5.41, 5.74) is 2.82. The monoisotopic (exact) mass is 266 g/mol. The highest BCUT2D eigenvalue weighted by Gasteiger charge is 2.14. The first kappa shape index (κ1) is 14.3. The van der Waals surface area contributed by atoms with Crippen LogP contribution in [-0.2, 0) is 0 Å². The van der Waals surface area contributed by atoms with Gasteiger partial charge in [-0.05, 0) is 30.2 Å². The molecule has 2 aromatic rings. The molecule has 2 N–H and O–H groups in total. The van der Waals surface area contributed by atoms with Crippen molar-refractivity contribution in [3.63, 3.8) is 0 Å². The minimum atomic E-state index is -0.0955. The summed E-state index contributed by atoms with van der Waals surface area (Å²) >= 11 is 0. The Kier molecular flexibility index (Phi) is 4.89. The molecule has 0 heterocycles. The Labute approximate surface area is 119 Å². The van der Waals surface area contributed by atoms with Gasteiger partial charge in [0.05, 0.1) is 24.3 Å². The first-order valence-corrected chi connectivity index (χ1v) is 6.66. The number of aliphatic hydroxyl groups excluding tert-OH is 1. The topological polar surface area (TPSA) is 56.0 Å². The average molecular weight is 266 g/mol. The molecule has 3 heteroatoms. The Morgan fingerprint density at radius 2 is 1.70 bits per heavy atom. The van der Waals surface area contributed by atoms with Crippen molar-refractivity contribution in [3.8, 4) is 6.07 Å². The van der Waals surface area contributed by atoms with Crippen molar-refractivity contribution in [2.45, 2.75) is 19.0 Å². The lowest BCUT2D eigenvalue weighted by Gasteiger charge is -2.22. The van der Waals surface area contributed by atoms with Crippen LogP contribution in [0.1, 0.15) is 35.7 Å². The van der Waals surface area contributed by atoms with Crippen molar-refractivity contribution < 1.29 is 5.11 Å². The Balaban J connectivity index is 2.09. The maximum absolute atomic E-state index is 9.55. The van der Waals surface area contributed by atoms with Crippen LogP contribution in [0.2, 0.25) is 0 Å². The van der Waals surface area contributed by atoms with Crippen LogP contribution in [0.25, 0.3) is 0 Å². The van der Waals surface area contributed by atoms with E-state index in [-0.39, 0.29) is 18.7 Å². The summed E-state index contributed by atoms with van der Waals surface area (Å²) < 4.78 is 0. The van der Waals surface area contributed by atoms with Crippen molar-refractivity contribution in [3.05, 3.63) is 71.3 Å². The zero-order valence-corrected chi connectivity index (χ0v) is 11.5. The van der Waals surface area contributed by atoms with E-state index in [9.17, 15) is 5.11 Å². The van der Waals surface area contributed by atoms with Crippen molar-refractivity contribution in [2.24, 2.45) is 0 Å². The van der Waals surface area contributed by atoms with Gasteiger partial charge in [0.25, 0.3) is 0 Å². The lowest BCUT2D eigenvalue weighted by Crippen LogP contribution is -2.27. The molecule has 102 valence electrons. The highest BCUT2D eigenvalue weighted by Crippen LogP contribution is 2.19. The van der Waals surface area contributed by atoms with Crippen LogP contribution >= 0.6 is 0 Å². The molecular weight excluding hydrogens is 248 g/mol. The van der Waals surface area contributed by atoms with Crippen LogP contribution in [0.3, 0.4) is 0 Å². The first-order valence-electron chi connectivity index (χ1n) is 6.66. The molecule has 0 aromatic heterocycles. The van der Waals surface area contributed by atoms with E-state index in [0.29, 0.717) is 5.56 Å². The number of aliphatic hydroxyl groups is 1. The van der Waals surface area contributed by atoms with Crippen molar-refractivity contribution >= 4 is 0 Å². The molecule has 0 amide bonds. The van der Waals surface area contributed by atoms with Gasteiger partial charge in [0.1, 0.15) is 0 Å². The zero-order chi connectivity index (χ0) is 14.4. The summed E-state index contributed by atoms with van der Waals surface area (Å²) in [6, 6.07) is 19.5. The Morgan fingerprint density at radius 3 is 2.25 bits per heavy atom. The fourth-order valence-corrected chi connectivity index (χ4v) is 2.18. The molecule has 0 saturated heterocycles. The van der Waals surface area contributed by atoms with E-state index in [1.54, 1.807) is 0 Å².